The highest BCUT2D eigenvalue weighted by Crippen LogP contribution is 2.67. The fourth-order valence-electron chi connectivity index (χ4n) is 4.71. The number of ether oxygens (including phenoxy) is 2. The summed E-state index contributed by atoms with van der Waals surface area (Å²) in [5, 5.41) is 16.9. The lowest BCUT2D eigenvalue weighted by Gasteiger charge is -2.33. The number of carbonyl (C=O) groups is 1. The fourth-order valence-corrected chi connectivity index (χ4v) is 6.52. The molecule has 0 radical (unpaired) electrons. The molecule has 3 rings (SSSR count). The lowest BCUT2D eigenvalue weighted by molar-refractivity contribution is -0.255. The molecule has 10 nitrogen and oxygen atoms in total. The van der Waals surface area contributed by atoms with Crippen molar-refractivity contribution in [3.8, 4) is 11.5 Å². The first-order chi connectivity index (χ1) is 19.8. The largest absolute Gasteiger partial charge is 0.639 e. The second-order valence-corrected chi connectivity index (χ2v) is 15.3. The Bertz CT molecular complexity index is 1380. The van der Waals surface area contributed by atoms with Crippen molar-refractivity contribution >= 4 is 26.3 Å². The van der Waals surface area contributed by atoms with Crippen molar-refractivity contribution in [2.24, 2.45) is 9.86 Å². The van der Waals surface area contributed by atoms with Gasteiger partial charge in [0.2, 0.25) is 0 Å². The molecule has 1 aliphatic heterocycles. The van der Waals surface area contributed by atoms with Crippen LogP contribution in [0.2, 0.25) is 0 Å². The van der Waals surface area contributed by atoms with Gasteiger partial charge in [0.15, 0.2) is 17.6 Å². The molecule has 0 spiro atoms. The van der Waals surface area contributed by atoms with Gasteiger partial charge in [-0.05, 0) is 38.5 Å². The third-order valence-electron chi connectivity index (χ3n) is 6.46. The predicted octanol–water partition coefficient (Wildman–Crippen LogP) is 7.18. The Balaban J connectivity index is 2.55. The highest BCUT2D eigenvalue weighted by molar-refractivity contribution is 7.64. The van der Waals surface area contributed by atoms with Crippen LogP contribution in [-0.2, 0) is 31.5 Å². The minimum Gasteiger partial charge on any atom is -0.596 e. The van der Waals surface area contributed by atoms with E-state index < -0.39 is 43.2 Å². The third-order valence-corrected chi connectivity index (χ3v) is 8.36. The molecule has 1 aliphatic rings. The van der Waals surface area contributed by atoms with Gasteiger partial charge in [-0.1, -0.05) is 90.8 Å². The maximum atomic E-state index is 13.7. The van der Waals surface area contributed by atoms with Crippen LogP contribution in [0.15, 0.2) is 34.1 Å². The predicted molar refractivity (Wildman–Crippen MR) is 166 cm³/mol. The van der Waals surface area contributed by atoms with Crippen molar-refractivity contribution in [2.75, 3.05) is 0 Å². The molecule has 43 heavy (non-hydrogen) atoms. The van der Waals surface area contributed by atoms with E-state index in [2.05, 4.69) is 9.86 Å². The minimum absolute atomic E-state index is 0.379. The average Bonchev–Trinajstić information content (AvgIpc) is 2.82. The van der Waals surface area contributed by atoms with Crippen molar-refractivity contribution in [2.45, 2.75) is 113 Å². The van der Waals surface area contributed by atoms with Gasteiger partial charge in [-0.2, -0.15) is 0 Å². The standard InChI is InChI=1S/C32H44N3O7P/c1-19(2)39-29(37)34-35(30(38)40-20(3)4)43(33-18-36)41-27-23(13-21(5)15-25(27)31(7,8)9)17-24-14-22(6)16-26(28(24)42-43)32(10,11)12/h13-16,19-20H,17H2,1-12H3. The molecule has 0 aliphatic carbocycles. The summed E-state index contributed by atoms with van der Waals surface area (Å²) >= 11 is 0. The monoisotopic (exact) mass is 613 g/mol. The Hall–Kier alpha value is -3.61. The van der Waals surface area contributed by atoms with E-state index in [0.29, 0.717) is 22.7 Å². The first kappa shape index (κ1) is 33.9. The Morgan fingerprint density at radius 2 is 1.33 bits per heavy atom. The Kier molecular flexibility index (Phi) is 9.89. The average molecular weight is 614 g/mol. The van der Waals surface area contributed by atoms with Crippen LogP contribution >= 0.6 is 8.02 Å². The smallest absolute Gasteiger partial charge is 0.596 e. The van der Waals surface area contributed by atoms with Crippen molar-refractivity contribution in [3.63, 3.8) is 0 Å². The van der Waals surface area contributed by atoms with E-state index in [0.717, 1.165) is 33.4 Å². The molecule has 2 aromatic carbocycles. The van der Waals surface area contributed by atoms with Crippen molar-refractivity contribution < 1.29 is 33.2 Å². The molecular weight excluding hydrogens is 569 g/mol. The molecule has 0 bridgehead atoms. The van der Waals surface area contributed by atoms with E-state index in [9.17, 15) is 14.7 Å². The lowest BCUT2D eigenvalue weighted by Crippen LogP contribution is -2.38. The summed E-state index contributed by atoms with van der Waals surface area (Å²) in [7, 11) is -4.38. The topological polar surface area (TPSA) is 122 Å². The van der Waals surface area contributed by atoms with Crippen LogP contribution in [-0.4, -0.2) is 35.2 Å². The van der Waals surface area contributed by atoms with Crippen LogP contribution < -0.4 is 14.2 Å². The van der Waals surface area contributed by atoms with E-state index >= 15 is 0 Å². The summed E-state index contributed by atoms with van der Waals surface area (Å²) in [5.74, 6) is 0.759. The number of aryl methyl sites for hydroxylation is 2. The maximum absolute atomic E-state index is 13.7. The van der Waals surface area contributed by atoms with Gasteiger partial charge in [0.25, 0.3) is 6.08 Å². The number of nitrogens with zero attached hydrogens (tertiary/aromatic N) is 3. The zero-order valence-corrected chi connectivity index (χ0v) is 28.2. The van der Waals surface area contributed by atoms with Gasteiger partial charge in [0, 0.05) is 39.6 Å². The van der Waals surface area contributed by atoms with E-state index in [-0.39, 0.29) is 0 Å². The van der Waals surface area contributed by atoms with Crippen molar-refractivity contribution in [1.29, 1.82) is 0 Å². The number of benzene rings is 2. The van der Waals surface area contributed by atoms with Crippen molar-refractivity contribution in [3.05, 3.63) is 57.6 Å². The van der Waals surface area contributed by atoms with Crippen molar-refractivity contribution in [1.82, 2.24) is 4.78 Å². The molecule has 234 valence electrons. The van der Waals surface area contributed by atoms with Crippen LogP contribution in [0.1, 0.15) is 103 Å². The van der Waals surface area contributed by atoms with Crippen LogP contribution in [0.4, 0.5) is 4.79 Å². The number of carbonyl (C=O) groups excluding carboxylic acids is 2. The van der Waals surface area contributed by atoms with E-state index in [4.69, 9.17) is 18.5 Å². The maximum Gasteiger partial charge on any atom is 0.639 e. The van der Waals surface area contributed by atoms with Crippen LogP contribution in [0.3, 0.4) is 0 Å². The minimum atomic E-state index is -4.38. The summed E-state index contributed by atoms with van der Waals surface area (Å²) in [6.45, 7) is 22.7. The summed E-state index contributed by atoms with van der Waals surface area (Å²) in [4.78, 5) is 26.0. The molecule has 11 heteroatoms. The molecule has 1 heterocycles. The molecule has 0 aromatic heterocycles. The Morgan fingerprint density at radius 1 is 0.884 bits per heavy atom. The van der Waals surface area contributed by atoms with Gasteiger partial charge < -0.3 is 14.6 Å². The summed E-state index contributed by atoms with van der Waals surface area (Å²) in [6, 6.07) is 7.97. The molecule has 0 saturated heterocycles. The van der Waals surface area contributed by atoms with E-state index in [1.54, 1.807) is 33.8 Å². The van der Waals surface area contributed by atoms with Gasteiger partial charge in [-0.25, -0.2) is 9.59 Å². The number of fused-ring (bicyclic) bond motifs is 2. The van der Waals surface area contributed by atoms with Gasteiger partial charge in [0.05, 0.1) is 10.9 Å². The number of hydrogen-bond acceptors (Lipinski definition) is 9. The molecule has 0 fully saturated rings. The van der Waals surface area contributed by atoms with Crippen LogP contribution in [0, 0.1) is 13.8 Å². The van der Waals surface area contributed by atoms with Gasteiger partial charge >= 0.3 is 14.1 Å². The molecule has 0 unspecified atom stereocenters. The second-order valence-electron chi connectivity index (χ2n) is 13.4. The van der Waals surface area contributed by atoms with Gasteiger partial charge in [-0.15, -0.1) is 5.10 Å². The lowest BCUT2D eigenvalue weighted by atomic mass is 9.81. The molecule has 2 aromatic rings. The molecular formula is C32H44N3O7P. The van der Waals surface area contributed by atoms with Crippen LogP contribution in [0.25, 0.3) is 0 Å². The number of hydrazone groups is 1. The zero-order valence-electron chi connectivity index (χ0n) is 27.3. The number of rotatable bonds is 5. The first-order valence-electron chi connectivity index (χ1n) is 14.4. The second kappa shape index (κ2) is 12.6. The molecule has 0 atom stereocenters. The van der Waals surface area contributed by atoms with Gasteiger partial charge in [0.1, 0.15) is 0 Å². The quantitative estimate of drug-likeness (QED) is 0.115. The number of isocyanates is 1. The molecule has 0 N–H and O–H groups in total. The van der Waals surface area contributed by atoms with Crippen LogP contribution in [0.5, 0.6) is 11.5 Å². The Morgan fingerprint density at radius 3 is 1.70 bits per heavy atom. The molecule has 1 amide bonds. The fraction of sp³-hybridized carbons (Fsp3) is 0.531. The van der Waals surface area contributed by atoms with Gasteiger partial charge in [-0.3, -0.25) is 9.05 Å². The number of hydrogen-bond donors (Lipinski definition) is 0. The Labute approximate surface area is 255 Å². The number of amides is 1. The molecule has 0 saturated carbocycles. The summed E-state index contributed by atoms with van der Waals surface area (Å²) in [5.41, 5.74) is 4.33. The zero-order chi connectivity index (χ0) is 32.5. The SMILES string of the molecule is Cc1cc2c(c(C(C)(C)C)c1)O[P+](N=C=O)(N(N=C([O-])OC(C)C)C(=O)OC(C)C)Oc1c(cc(C)cc1C(C)(C)C)C2. The summed E-state index contributed by atoms with van der Waals surface area (Å²) < 4.78 is 28.8. The van der Waals surface area contributed by atoms with E-state index in [1.165, 1.54) is 0 Å². The highest BCUT2D eigenvalue weighted by atomic mass is 31.2. The summed E-state index contributed by atoms with van der Waals surface area (Å²) in [6.07, 6.45) is -1.38. The third kappa shape index (κ3) is 7.87. The first-order valence-corrected chi connectivity index (χ1v) is 15.9. The normalized spacial score (nSPS) is 14.8. The van der Waals surface area contributed by atoms with E-state index in [1.807, 2.05) is 79.7 Å². The highest BCUT2D eigenvalue weighted by Gasteiger charge is 2.63.